The van der Waals surface area contributed by atoms with Gasteiger partial charge in [0.05, 0.1) is 0 Å². The minimum absolute atomic E-state index is 0.693. The Morgan fingerprint density at radius 1 is 1.22 bits per heavy atom. The van der Waals surface area contributed by atoms with Gasteiger partial charge < -0.3 is 10.2 Å². The predicted molar refractivity (Wildman–Crippen MR) is 81.1 cm³/mol. The summed E-state index contributed by atoms with van der Waals surface area (Å²) < 4.78 is 0. The summed E-state index contributed by atoms with van der Waals surface area (Å²) >= 11 is 0. The Bertz CT molecular complexity index is 190. The van der Waals surface area contributed by atoms with Crippen molar-refractivity contribution in [1.82, 2.24) is 10.2 Å². The Balaban J connectivity index is 1.99. The first-order chi connectivity index (χ1) is 8.76. The van der Waals surface area contributed by atoms with E-state index in [-0.39, 0.29) is 0 Å². The van der Waals surface area contributed by atoms with Gasteiger partial charge in [-0.15, -0.1) is 0 Å². The first kappa shape index (κ1) is 16.0. The van der Waals surface area contributed by atoms with Crippen molar-refractivity contribution in [1.29, 1.82) is 0 Å². The summed E-state index contributed by atoms with van der Waals surface area (Å²) in [5.74, 6) is 1.01. The Kier molecular flexibility index (Phi) is 8.70. The molecule has 0 spiro atoms. The summed E-state index contributed by atoms with van der Waals surface area (Å²) in [4.78, 5) is 2.62. The highest BCUT2D eigenvalue weighted by atomic mass is 15.1. The third-order valence-electron chi connectivity index (χ3n) is 4.35. The first-order valence-corrected chi connectivity index (χ1v) is 8.22. The zero-order valence-electron chi connectivity index (χ0n) is 12.9. The normalized spacial score (nSPS) is 18.0. The molecule has 1 unspecified atom stereocenters. The van der Waals surface area contributed by atoms with E-state index in [2.05, 4.69) is 31.0 Å². The zero-order valence-corrected chi connectivity index (χ0v) is 12.9. The molecule has 1 aliphatic rings. The quantitative estimate of drug-likeness (QED) is 0.566. The highest BCUT2D eigenvalue weighted by Gasteiger charge is 2.19. The lowest BCUT2D eigenvalue weighted by molar-refractivity contribution is 0.183. The van der Waals surface area contributed by atoms with Crippen LogP contribution in [-0.4, -0.2) is 37.1 Å². The maximum Gasteiger partial charge on any atom is 0.0107 e. The number of hydrogen-bond donors (Lipinski definition) is 1. The van der Waals surface area contributed by atoms with Crippen LogP contribution in [0.4, 0.5) is 0 Å². The molecule has 0 saturated heterocycles. The highest BCUT2D eigenvalue weighted by molar-refractivity contribution is 4.74. The average Bonchev–Trinajstić information content (AvgIpc) is 2.31. The molecule has 0 heterocycles. The lowest BCUT2D eigenvalue weighted by atomic mass is 9.85. The molecule has 0 radical (unpaired) electrons. The van der Waals surface area contributed by atoms with Crippen LogP contribution in [0.25, 0.3) is 0 Å². The second-order valence-corrected chi connectivity index (χ2v) is 6.04. The van der Waals surface area contributed by atoms with E-state index in [0.717, 1.165) is 12.5 Å². The van der Waals surface area contributed by atoms with E-state index in [1.54, 1.807) is 0 Å². The predicted octanol–water partition coefficient (Wildman–Crippen LogP) is 3.67. The fourth-order valence-corrected chi connectivity index (χ4v) is 2.69. The fraction of sp³-hybridized carbons (Fsp3) is 1.00. The van der Waals surface area contributed by atoms with Gasteiger partial charge >= 0.3 is 0 Å². The summed E-state index contributed by atoms with van der Waals surface area (Å²) in [6.07, 6.45) is 9.84. The van der Waals surface area contributed by atoms with Crippen LogP contribution in [0.15, 0.2) is 0 Å². The van der Waals surface area contributed by atoms with Crippen LogP contribution < -0.4 is 5.32 Å². The molecule has 1 aliphatic carbocycles. The molecule has 0 amide bonds. The molecule has 108 valence electrons. The van der Waals surface area contributed by atoms with E-state index >= 15 is 0 Å². The first-order valence-electron chi connectivity index (χ1n) is 8.22. The summed E-state index contributed by atoms with van der Waals surface area (Å²) in [7, 11) is 0. The third-order valence-corrected chi connectivity index (χ3v) is 4.35. The molecule has 0 aromatic carbocycles. The number of rotatable bonds is 11. The van der Waals surface area contributed by atoms with Crippen LogP contribution >= 0.6 is 0 Å². The fourth-order valence-electron chi connectivity index (χ4n) is 2.69. The Morgan fingerprint density at radius 2 is 2.00 bits per heavy atom. The monoisotopic (exact) mass is 254 g/mol. The van der Waals surface area contributed by atoms with Crippen molar-refractivity contribution in [3.8, 4) is 0 Å². The van der Waals surface area contributed by atoms with Gasteiger partial charge in [-0.3, -0.25) is 0 Å². The van der Waals surface area contributed by atoms with E-state index in [0.29, 0.717) is 6.04 Å². The average molecular weight is 254 g/mol. The molecular weight excluding hydrogens is 220 g/mol. The lowest BCUT2D eigenvalue weighted by Gasteiger charge is -2.32. The molecule has 0 aliphatic heterocycles. The number of likely N-dealkylation sites (N-methyl/N-ethyl adjacent to an activating group) is 1. The molecular formula is C16H34N2. The molecule has 0 aromatic heterocycles. The van der Waals surface area contributed by atoms with Gasteiger partial charge in [0.15, 0.2) is 0 Å². The van der Waals surface area contributed by atoms with Crippen molar-refractivity contribution in [3.63, 3.8) is 0 Å². The van der Waals surface area contributed by atoms with E-state index in [9.17, 15) is 0 Å². The lowest BCUT2D eigenvalue weighted by Crippen LogP contribution is -2.39. The van der Waals surface area contributed by atoms with Crippen molar-refractivity contribution in [3.05, 3.63) is 0 Å². The standard InChI is InChI=1S/C16H34N2/c1-4-6-7-9-15(3)17-12-13-18(5-2)14-16-10-8-11-16/h15-17H,4-14H2,1-3H3. The highest BCUT2D eigenvalue weighted by Crippen LogP contribution is 2.26. The molecule has 1 rings (SSSR count). The van der Waals surface area contributed by atoms with Crippen molar-refractivity contribution in [2.24, 2.45) is 5.92 Å². The Labute approximate surface area is 115 Å². The van der Waals surface area contributed by atoms with E-state index < -0.39 is 0 Å². The molecule has 2 heteroatoms. The van der Waals surface area contributed by atoms with Crippen LogP contribution in [0.5, 0.6) is 0 Å². The largest absolute Gasteiger partial charge is 0.313 e. The van der Waals surface area contributed by atoms with Crippen LogP contribution in [0, 0.1) is 5.92 Å². The Hall–Kier alpha value is -0.0800. The molecule has 1 saturated carbocycles. The van der Waals surface area contributed by atoms with Gasteiger partial charge in [-0.1, -0.05) is 39.5 Å². The van der Waals surface area contributed by atoms with E-state index in [4.69, 9.17) is 0 Å². The smallest absolute Gasteiger partial charge is 0.0107 e. The second-order valence-electron chi connectivity index (χ2n) is 6.04. The van der Waals surface area contributed by atoms with Crippen LogP contribution in [-0.2, 0) is 0 Å². The van der Waals surface area contributed by atoms with Crippen molar-refractivity contribution in [2.75, 3.05) is 26.2 Å². The minimum atomic E-state index is 0.693. The topological polar surface area (TPSA) is 15.3 Å². The summed E-state index contributed by atoms with van der Waals surface area (Å²) in [6, 6.07) is 0.693. The molecule has 0 bridgehead atoms. The third kappa shape index (κ3) is 6.75. The molecule has 1 N–H and O–H groups in total. The molecule has 1 atom stereocenters. The van der Waals surface area contributed by atoms with Gasteiger partial charge in [0.25, 0.3) is 0 Å². The van der Waals surface area contributed by atoms with Gasteiger partial charge in [0, 0.05) is 25.7 Å². The van der Waals surface area contributed by atoms with Crippen molar-refractivity contribution in [2.45, 2.75) is 71.8 Å². The van der Waals surface area contributed by atoms with Gasteiger partial charge in [0.1, 0.15) is 0 Å². The maximum atomic E-state index is 3.67. The van der Waals surface area contributed by atoms with E-state index in [1.165, 1.54) is 64.6 Å². The van der Waals surface area contributed by atoms with Gasteiger partial charge in [-0.25, -0.2) is 0 Å². The second kappa shape index (κ2) is 9.80. The summed E-state index contributed by atoms with van der Waals surface area (Å²) in [6.45, 7) is 11.8. The number of unbranched alkanes of at least 4 members (excludes halogenated alkanes) is 2. The number of nitrogens with zero attached hydrogens (tertiary/aromatic N) is 1. The minimum Gasteiger partial charge on any atom is -0.313 e. The summed E-state index contributed by atoms with van der Waals surface area (Å²) in [5, 5.41) is 3.67. The van der Waals surface area contributed by atoms with Gasteiger partial charge in [-0.2, -0.15) is 0 Å². The SMILES string of the molecule is CCCCCC(C)NCCN(CC)CC1CCC1. The zero-order chi connectivity index (χ0) is 13.2. The van der Waals surface area contributed by atoms with Crippen molar-refractivity contribution >= 4 is 0 Å². The number of nitrogens with one attached hydrogen (secondary N) is 1. The van der Waals surface area contributed by atoms with E-state index in [1.807, 2.05) is 0 Å². The van der Waals surface area contributed by atoms with Gasteiger partial charge in [-0.05, 0) is 38.6 Å². The van der Waals surface area contributed by atoms with Crippen LogP contribution in [0.1, 0.15) is 65.7 Å². The maximum absolute atomic E-state index is 3.67. The Morgan fingerprint density at radius 3 is 2.56 bits per heavy atom. The molecule has 2 nitrogen and oxygen atoms in total. The van der Waals surface area contributed by atoms with Gasteiger partial charge in [0.2, 0.25) is 0 Å². The van der Waals surface area contributed by atoms with Crippen LogP contribution in [0.3, 0.4) is 0 Å². The summed E-state index contributed by atoms with van der Waals surface area (Å²) in [5.41, 5.74) is 0. The molecule has 18 heavy (non-hydrogen) atoms. The number of hydrogen-bond acceptors (Lipinski definition) is 2. The van der Waals surface area contributed by atoms with Crippen LogP contribution in [0.2, 0.25) is 0 Å². The van der Waals surface area contributed by atoms with Crippen molar-refractivity contribution < 1.29 is 0 Å². The molecule has 0 aromatic rings. The molecule has 1 fully saturated rings.